The fourth-order valence-electron chi connectivity index (χ4n) is 0.995. The van der Waals surface area contributed by atoms with Crippen molar-refractivity contribution in [2.75, 3.05) is 13.2 Å². The van der Waals surface area contributed by atoms with Crippen molar-refractivity contribution in [3.8, 4) is 6.01 Å². The zero-order valence-corrected chi connectivity index (χ0v) is 8.99. The number of hydrogen-bond acceptors (Lipinski definition) is 4. The molecule has 1 rings (SSSR count). The summed E-state index contributed by atoms with van der Waals surface area (Å²) in [7, 11) is 0. The summed E-state index contributed by atoms with van der Waals surface area (Å²) in [5.74, 6) is -0.0261. The number of carbonyl (C=O) groups is 1. The molecule has 0 atom stereocenters. The van der Waals surface area contributed by atoms with Crippen LogP contribution in [0.25, 0.3) is 0 Å². The molecule has 1 amide bonds. The minimum atomic E-state index is -0.0261. The van der Waals surface area contributed by atoms with Gasteiger partial charge < -0.3 is 10.1 Å². The lowest BCUT2D eigenvalue weighted by Gasteiger charge is -2.04. The molecule has 15 heavy (non-hydrogen) atoms. The molecule has 1 aromatic rings. The molecule has 1 heterocycles. The second-order valence-corrected chi connectivity index (χ2v) is 3.17. The van der Waals surface area contributed by atoms with Gasteiger partial charge in [-0.25, -0.2) is 9.97 Å². The first-order chi connectivity index (χ1) is 7.18. The third-order valence-corrected chi connectivity index (χ3v) is 1.70. The van der Waals surface area contributed by atoms with Gasteiger partial charge in [-0.05, 0) is 19.4 Å². The average Bonchev–Trinajstić information content (AvgIpc) is 2.17. The molecular formula is C10H15N3O2. The molecule has 0 aliphatic carbocycles. The summed E-state index contributed by atoms with van der Waals surface area (Å²) in [6.45, 7) is 4.49. The summed E-state index contributed by atoms with van der Waals surface area (Å²) >= 11 is 0. The molecule has 0 saturated carbocycles. The molecule has 0 aliphatic heterocycles. The fourth-order valence-corrected chi connectivity index (χ4v) is 0.995. The zero-order chi connectivity index (χ0) is 11.1. The Bertz CT molecular complexity index is 328. The van der Waals surface area contributed by atoms with Crippen molar-refractivity contribution < 1.29 is 9.53 Å². The van der Waals surface area contributed by atoms with Gasteiger partial charge in [-0.2, -0.15) is 0 Å². The smallest absolute Gasteiger partial charge is 0.316 e. The van der Waals surface area contributed by atoms with E-state index < -0.39 is 0 Å². The molecule has 0 unspecified atom stereocenters. The van der Waals surface area contributed by atoms with Gasteiger partial charge >= 0.3 is 6.01 Å². The van der Waals surface area contributed by atoms with E-state index in [4.69, 9.17) is 4.74 Å². The number of aromatic nitrogens is 2. The van der Waals surface area contributed by atoms with Crippen LogP contribution in [-0.4, -0.2) is 29.0 Å². The van der Waals surface area contributed by atoms with E-state index in [2.05, 4.69) is 15.3 Å². The first kappa shape index (κ1) is 11.4. The fraction of sp³-hybridized carbons (Fsp3) is 0.500. The summed E-state index contributed by atoms with van der Waals surface area (Å²) < 4.78 is 5.30. The lowest BCUT2D eigenvalue weighted by atomic mass is 10.4. The second kappa shape index (κ2) is 5.95. The van der Waals surface area contributed by atoms with Gasteiger partial charge in [-0.3, -0.25) is 4.79 Å². The van der Waals surface area contributed by atoms with Crippen molar-refractivity contribution in [3.05, 3.63) is 18.0 Å². The van der Waals surface area contributed by atoms with Gasteiger partial charge in [0.1, 0.15) is 0 Å². The molecule has 5 nitrogen and oxygen atoms in total. The average molecular weight is 209 g/mol. The van der Waals surface area contributed by atoms with Crippen LogP contribution in [0.4, 0.5) is 0 Å². The SMILES string of the molecule is CC(=O)NCCCOc1nccc(C)n1. The maximum Gasteiger partial charge on any atom is 0.316 e. The third-order valence-electron chi connectivity index (χ3n) is 1.70. The van der Waals surface area contributed by atoms with Crippen molar-refractivity contribution >= 4 is 5.91 Å². The van der Waals surface area contributed by atoms with E-state index in [1.165, 1.54) is 6.92 Å². The molecule has 0 radical (unpaired) electrons. The number of nitrogens with zero attached hydrogens (tertiary/aromatic N) is 2. The molecule has 0 fully saturated rings. The predicted octanol–water partition coefficient (Wildman–Crippen LogP) is 0.690. The summed E-state index contributed by atoms with van der Waals surface area (Å²) in [5.41, 5.74) is 0.877. The van der Waals surface area contributed by atoms with E-state index in [9.17, 15) is 4.79 Å². The highest BCUT2D eigenvalue weighted by molar-refractivity contribution is 5.72. The van der Waals surface area contributed by atoms with Crippen LogP contribution in [0.5, 0.6) is 6.01 Å². The minimum absolute atomic E-state index is 0.0261. The highest BCUT2D eigenvalue weighted by Crippen LogP contribution is 2.01. The molecule has 0 saturated heterocycles. The maximum absolute atomic E-state index is 10.5. The lowest BCUT2D eigenvalue weighted by Crippen LogP contribution is -2.22. The molecule has 0 bridgehead atoms. The molecule has 0 aromatic carbocycles. The maximum atomic E-state index is 10.5. The van der Waals surface area contributed by atoms with E-state index in [0.29, 0.717) is 19.2 Å². The number of aryl methyl sites for hydroxylation is 1. The van der Waals surface area contributed by atoms with Crippen LogP contribution >= 0.6 is 0 Å². The number of nitrogens with one attached hydrogen (secondary N) is 1. The van der Waals surface area contributed by atoms with E-state index in [1.54, 1.807) is 6.20 Å². The van der Waals surface area contributed by atoms with E-state index >= 15 is 0 Å². The van der Waals surface area contributed by atoms with Crippen molar-refractivity contribution in [2.24, 2.45) is 0 Å². The number of amides is 1. The zero-order valence-electron chi connectivity index (χ0n) is 8.99. The van der Waals surface area contributed by atoms with Gasteiger partial charge in [-0.15, -0.1) is 0 Å². The Labute approximate surface area is 88.9 Å². The summed E-state index contributed by atoms with van der Waals surface area (Å²) in [6, 6.07) is 2.20. The standard InChI is InChI=1S/C10H15N3O2/c1-8-4-6-12-10(13-8)15-7-3-5-11-9(2)14/h4,6H,3,5,7H2,1-2H3,(H,11,14). The summed E-state index contributed by atoms with van der Waals surface area (Å²) in [5, 5.41) is 2.68. The van der Waals surface area contributed by atoms with E-state index in [0.717, 1.165) is 12.1 Å². The molecule has 82 valence electrons. The van der Waals surface area contributed by atoms with Gasteiger partial charge in [0.2, 0.25) is 5.91 Å². The van der Waals surface area contributed by atoms with Crippen LogP contribution in [0, 0.1) is 6.92 Å². The third kappa shape index (κ3) is 4.95. The normalized spacial score (nSPS) is 9.73. The molecule has 0 spiro atoms. The first-order valence-electron chi connectivity index (χ1n) is 4.85. The van der Waals surface area contributed by atoms with Crippen LogP contribution in [0.1, 0.15) is 19.0 Å². The predicted molar refractivity (Wildman–Crippen MR) is 55.6 cm³/mol. The second-order valence-electron chi connectivity index (χ2n) is 3.17. The Kier molecular flexibility index (Phi) is 4.53. The van der Waals surface area contributed by atoms with Gasteiger partial charge in [0, 0.05) is 25.4 Å². The van der Waals surface area contributed by atoms with Crippen LogP contribution in [0.2, 0.25) is 0 Å². The van der Waals surface area contributed by atoms with Crippen molar-refractivity contribution in [1.82, 2.24) is 15.3 Å². The van der Waals surface area contributed by atoms with Crippen LogP contribution in [0.3, 0.4) is 0 Å². The monoisotopic (exact) mass is 209 g/mol. The lowest BCUT2D eigenvalue weighted by molar-refractivity contribution is -0.118. The van der Waals surface area contributed by atoms with Crippen LogP contribution in [0.15, 0.2) is 12.3 Å². The Hall–Kier alpha value is -1.65. The highest BCUT2D eigenvalue weighted by Gasteiger charge is 1.97. The number of carbonyl (C=O) groups excluding carboxylic acids is 1. The Balaban J connectivity index is 2.17. The molecule has 1 aromatic heterocycles. The van der Waals surface area contributed by atoms with Gasteiger partial charge in [0.15, 0.2) is 0 Å². The molecule has 0 aliphatic rings. The highest BCUT2D eigenvalue weighted by atomic mass is 16.5. The molecule has 5 heteroatoms. The van der Waals surface area contributed by atoms with Crippen molar-refractivity contribution in [3.63, 3.8) is 0 Å². The minimum Gasteiger partial charge on any atom is -0.463 e. The molecular weight excluding hydrogens is 194 g/mol. The van der Waals surface area contributed by atoms with Crippen LogP contribution in [-0.2, 0) is 4.79 Å². The van der Waals surface area contributed by atoms with Gasteiger partial charge in [-0.1, -0.05) is 0 Å². The topological polar surface area (TPSA) is 64.1 Å². The summed E-state index contributed by atoms with van der Waals surface area (Å²) in [6.07, 6.45) is 2.41. The van der Waals surface area contributed by atoms with E-state index in [-0.39, 0.29) is 5.91 Å². The first-order valence-corrected chi connectivity index (χ1v) is 4.85. The molecule has 1 N–H and O–H groups in total. The number of hydrogen-bond donors (Lipinski definition) is 1. The van der Waals surface area contributed by atoms with Crippen molar-refractivity contribution in [2.45, 2.75) is 20.3 Å². The Morgan fingerprint density at radius 1 is 1.60 bits per heavy atom. The largest absolute Gasteiger partial charge is 0.463 e. The van der Waals surface area contributed by atoms with Gasteiger partial charge in [0.05, 0.1) is 6.61 Å². The quantitative estimate of drug-likeness (QED) is 0.725. The van der Waals surface area contributed by atoms with Crippen LogP contribution < -0.4 is 10.1 Å². The number of ether oxygens (including phenoxy) is 1. The number of rotatable bonds is 5. The Morgan fingerprint density at radius 2 is 2.40 bits per heavy atom. The van der Waals surface area contributed by atoms with Crippen molar-refractivity contribution in [1.29, 1.82) is 0 Å². The summed E-state index contributed by atoms with van der Waals surface area (Å²) in [4.78, 5) is 18.6. The van der Waals surface area contributed by atoms with Gasteiger partial charge in [0.25, 0.3) is 0 Å². The van der Waals surface area contributed by atoms with E-state index in [1.807, 2.05) is 13.0 Å². The Morgan fingerprint density at radius 3 is 3.07 bits per heavy atom.